The molecule has 1 aliphatic rings. The van der Waals surface area contributed by atoms with Crippen LogP contribution in [0.2, 0.25) is 0 Å². The normalized spacial score (nSPS) is 14.1. The molecule has 148 valence electrons. The van der Waals surface area contributed by atoms with Crippen molar-refractivity contribution in [1.82, 2.24) is 15.4 Å². The Bertz CT molecular complexity index is 837. The molecule has 0 spiro atoms. The second-order valence-corrected chi connectivity index (χ2v) is 6.07. The first kappa shape index (κ1) is 19.6. The molecule has 1 amide bonds. The number of hydrogen-bond donors (Lipinski definition) is 1. The van der Waals surface area contributed by atoms with Crippen molar-refractivity contribution in [2.24, 2.45) is 5.10 Å². The van der Waals surface area contributed by atoms with Crippen LogP contribution in [0.4, 0.5) is 5.95 Å². The summed E-state index contributed by atoms with van der Waals surface area (Å²) in [5.74, 6) is 1.20. The van der Waals surface area contributed by atoms with E-state index < -0.39 is 5.91 Å². The van der Waals surface area contributed by atoms with Gasteiger partial charge in [-0.1, -0.05) is 12.1 Å². The van der Waals surface area contributed by atoms with Gasteiger partial charge in [-0.3, -0.25) is 4.79 Å². The average molecular weight is 385 g/mol. The molecule has 0 atom stereocenters. The number of carbonyl (C=O) groups is 1. The van der Waals surface area contributed by atoms with Crippen molar-refractivity contribution in [3.05, 3.63) is 41.6 Å². The molecular formula is C19H23N5O4. The number of para-hydroxylation sites is 1. The van der Waals surface area contributed by atoms with Crippen LogP contribution in [-0.2, 0) is 9.53 Å². The van der Waals surface area contributed by atoms with Gasteiger partial charge in [-0.2, -0.15) is 10.1 Å². The van der Waals surface area contributed by atoms with Crippen LogP contribution in [0.5, 0.6) is 11.6 Å². The highest BCUT2D eigenvalue weighted by Gasteiger charge is 2.15. The number of morpholine rings is 1. The van der Waals surface area contributed by atoms with Crippen molar-refractivity contribution in [2.45, 2.75) is 6.92 Å². The summed E-state index contributed by atoms with van der Waals surface area (Å²) in [6, 6.07) is 9.06. The summed E-state index contributed by atoms with van der Waals surface area (Å²) in [7, 11) is 1.58. The topological polar surface area (TPSA) is 98.2 Å². The third-order valence-electron chi connectivity index (χ3n) is 4.00. The van der Waals surface area contributed by atoms with Gasteiger partial charge in [0.2, 0.25) is 11.8 Å². The molecule has 9 heteroatoms. The fraction of sp³-hybridized carbons (Fsp3) is 0.368. The van der Waals surface area contributed by atoms with Gasteiger partial charge >= 0.3 is 0 Å². The van der Waals surface area contributed by atoms with E-state index in [-0.39, 0.29) is 6.61 Å². The largest absolute Gasteiger partial charge is 0.496 e. The van der Waals surface area contributed by atoms with Gasteiger partial charge < -0.3 is 19.1 Å². The molecule has 1 N–H and O–H groups in total. The summed E-state index contributed by atoms with van der Waals surface area (Å²) in [6.07, 6.45) is 1.52. The predicted octanol–water partition coefficient (Wildman–Crippen LogP) is 1.16. The fourth-order valence-corrected chi connectivity index (χ4v) is 2.62. The summed E-state index contributed by atoms with van der Waals surface area (Å²) in [6.45, 7) is 4.38. The van der Waals surface area contributed by atoms with Crippen molar-refractivity contribution in [3.8, 4) is 11.6 Å². The standard InChI is InChI=1S/C19H23N5O4/c1-14-11-18(22-19(21-14)24-7-9-27-10-8-24)28-13-17(25)23-20-12-15-5-3-4-6-16(15)26-2/h3-6,11-12H,7-10,13H2,1-2H3,(H,23,25). The van der Waals surface area contributed by atoms with Crippen molar-refractivity contribution in [2.75, 3.05) is 44.9 Å². The molecule has 1 saturated heterocycles. The number of aromatic nitrogens is 2. The summed E-state index contributed by atoms with van der Waals surface area (Å²) in [5, 5.41) is 3.93. The zero-order chi connectivity index (χ0) is 19.8. The minimum absolute atomic E-state index is 0.206. The van der Waals surface area contributed by atoms with E-state index in [1.165, 1.54) is 6.21 Å². The number of benzene rings is 1. The third kappa shape index (κ3) is 5.40. The Labute approximate surface area is 163 Å². The molecule has 1 aromatic carbocycles. The van der Waals surface area contributed by atoms with E-state index in [9.17, 15) is 4.79 Å². The highest BCUT2D eigenvalue weighted by molar-refractivity contribution is 5.85. The van der Waals surface area contributed by atoms with Gasteiger partial charge in [-0.15, -0.1) is 0 Å². The Hall–Kier alpha value is -3.20. The number of hydrogen-bond acceptors (Lipinski definition) is 8. The van der Waals surface area contributed by atoms with Crippen molar-refractivity contribution in [3.63, 3.8) is 0 Å². The Balaban J connectivity index is 1.54. The van der Waals surface area contributed by atoms with Gasteiger partial charge in [0.25, 0.3) is 5.91 Å². The highest BCUT2D eigenvalue weighted by atomic mass is 16.5. The number of ether oxygens (including phenoxy) is 3. The molecule has 9 nitrogen and oxygen atoms in total. The lowest BCUT2D eigenvalue weighted by atomic mass is 10.2. The maximum Gasteiger partial charge on any atom is 0.278 e. The first-order valence-electron chi connectivity index (χ1n) is 8.92. The number of anilines is 1. The molecular weight excluding hydrogens is 362 g/mol. The zero-order valence-corrected chi connectivity index (χ0v) is 15.9. The fourth-order valence-electron chi connectivity index (χ4n) is 2.62. The molecule has 1 aromatic heterocycles. The minimum Gasteiger partial charge on any atom is -0.496 e. The quantitative estimate of drug-likeness (QED) is 0.564. The van der Waals surface area contributed by atoms with Crippen molar-refractivity contribution >= 4 is 18.1 Å². The lowest BCUT2D eigenvalue weighted by Gasteiger charge is -2.27. The number of methoxy groups -OCH3 is 1. The summed E-state index contributed by atoms with van der Waals surface area (Å²) >= 11 is 0. The van der Waals surface area contributed by atoms with Gasteiger partial charge in [-0.05, 0) is 19.1 Å². The van der Waals surface area contributed by atoms with Gasteiger partial charge in [0.15, 0.2) is 6.61 Å². The maximum absolute atomic E-state index is 12.0. The lowest BCUT2D eigenvalue weighted by molar-refractivity contribution is -0.123. The predicted molar refractivity (Wildman–Crippen MR) is 104 cm³/mol. The molecule has 3 rings (SSSR count). The Morgan fingerprint density at radius 2 is 2.11 bits per heavy atom. The second kappa shape index (κ2) is 9.65. The monoisotopic (exact) mass is 385 g/mol. The Kier molecular flexibility index (Phi) is 6.74. The first-order valence-corrected chi connectivity index (χ1v) is 8.92. The van der Waals surface area contributed by atoms with E-state index in [4.69, 9.17) is 14.2 Å². The van der Waals surface area contributed by atoms with Crippen LogP contribution >= 0.6 is 0 Å². The van der Waals surface area contributed by atoms with Gasteiger partial charge in [-0.25, -0.2) is 10.4 Å². The van der Waals surface area contributed by atoms with Crippen LogP contribution in [0.25, 0.3) is 0 Å². The van der Waals surface area contributed by atoms with Crippen LogP contribution < -0.4 is 19.8 Å². The maximum atomic E-state index is 12.0. The number of carbonyl (C=O) groups excluding carboxylic acids is 1. The van der Waals surface area contributed by atoms with Crippen LogP contribution in [-0.4, -0.2) is 62.1 Å². The summed E-state index contributed by atoms with van der Waals surface area (Å²) < 4.78 is 16.1. The number of rotatable bonds is 7. The van der Waals surface area contributed by atoms with Crippen LogP contribution in [0, 0.1) is 6.92 Å². The number of nitrogens with zero attached hydrogens (tertiary/aromatic N) is 4. The summed E-state index contributed by atoms with van der Waals surface area (Å²) in [5.41, 5.74) is 3.95. The van der Waals surface area contributed by atoms with E-state index >= 15 is 0 Å². The number of nitrogens with one attached hydrogen (secondary N) is 1. The smallest absolute Gasteiger partial charge is 0.278 e. The molecule has 0 bridgehead atoms. The van der Waals surface area contributed by atoms with E-state index in [2.05, 4.69) is 20.5 Å². The molecule has 0 aliphatic carbocycles. The van der Waals surface area contributed by atoms with Gasteiger partial charge in [0, 0.05) is 30.4 Å². The van der Waals surface area contributed by atoms with Gasteiger partial charge in [0.05, 0.1) is 26.5 Å². The first-order chi connectivity index (χ1) is 13.7. The van der Waals surface area contributed by atoms with E-state index in [1.807, 2.05) is 36.1 Å². The molecule has 1 aliphatic heterocycles. The third-order valence-corrected chi connectivity index (χ3v) is 4.00. The minimum atomic E-state index is -0.393. The zero-order valence-electron chi connectivity index (χ0n) is 15.9. The molecule has 28 heavy (non-hydrogen) atoms. The molecule has 0 radical (unpaired) electrons. The SMILES string of the molecule is COc1ccccc1C=NNC(=O)COc1cc(C)nc(N2CCOCC2)n1. The highest BCUT2D eigenvalue weighted by Crippen LogP contribution is 2.17. The molecule has 0 saturated carbocycles. The number of hydrazone groups is 1. The van der Waals surface area contributed by atoms with Crippen LogP contribution in [0.3, 0.4) is 0 Å². The van der Waals surface area contributed by atoms with E-state index in [0.29, 0.717) is 30.8 Å². The van der Waals surface area contributed by atoms with Crippen molar-refractivity contribution < 1.29 is 19.0 Å². The number of amides is 1. The lowest BCUT2D eigenvalue weighted by Crippen LogP contribution is -2.37. The average Bonchev–Trinajstić information content (AvgIpc) is 2.73. The number of aryl methyl sites for hydroxylation is 1. The molecule has 1 fully saturated rings. The van der Waals surface area contributed by atoms with Crippen LogP contribution in [0.15, 0.2) is 35.4 Å². The van der Waals surface area contributed by atoms with Gasteiger partial charge in [0.1, 0.15) is 5.75 Å². The van der Waals surface area contributed by atoms with Crippen LogP contribution in [0.1, 0.15) is 11.3 Å². The second-order valence-electron chi connectivity index (χ2n) is 6.07. The van der Waals surface area contributed by atoms with Crippen molar-refractivity contribution in [1.29, 1.82) is 0 Å². The van der Waals surface area contributed by atoms with E-state index in [0.717, 1.165) is 24.3 Å². The Morgan fingerprint density at radius 1 is 1.32 bits per heavy atom. The molecule has 2 heterocycles. The Morgan fingerprint density at radius 3 is 2.89 bits per heavy atom. The molecule has 0 unspecified atom stereocenters. The van der Waals surface area contributed by atoms with E-state index in [1.54, 1.807) is 13.2 Å². The summed E-state index contributed by atoms with van der Waals surface area (Å²) in [4.78, 5) is 22.8. The molecule has 2 aromatic rings.